The summed E-state index contributed by atoms with van der Waals surface area (Å²) in [6.45, 7) is 8.16. The number of imidazole rings is 1. The molecule has 0 fully saturated rings. The summed E-state index contributed by atoms with van der Waals surface area (Å²) >= 11 is 0. The van der Waals surface area contributed by atoms with Gasteiger partial charge >= 0.3 is 5.97 Å². The zero-order chi connectivity index (χ0) is 17.0. The van der Waals surface area contributed by atoms with Crippen LogP contribution in [-0.2, 0) is 0 Å². The van der Waals surface area contributed by atoms with Gasteiger partial charge < -0.3 is 9.84 Å². The number of carboxylic acids is 1. The monoisotopic (exact) mass is 319 g/mol. The van der Waals surface area contributed by atoms with E-state index in [-0.39, 0.29) is 17.5 Å². The van der Waals surface area contributed by atoms with Crippen LogP contribution >= 0.6 is 0 Å². The van der Waals surface area contributed by atoms with E-state index in [0.29, 0.717) is 11.7 Å². The first-order chi connectivity index (χ1) is 11.0. The minimum atomic E-state index is -1.05. The molecular weight excluding hydrogens is 294 g/mol. The number of hydrogen-bond donors (Lipinski definition) is 1. The number of nitrogens with zero attached hydrogens (tertiary/aromatic N) is 3. The van der Waals surface area contributed by atoms with E-state index in [9.17, 15) is 9.90 Å². The summed E-state index contributed by atoms with van der Waals surface area (Å²) in [5.74, 6) is -0.0552. The fourth-order valence-electron chi connectivity index (χ4n) is 2.54. The van der Waals surface area contributed by atoms with Crippen molar-refractivity contribution < 1.29 is 14.6 Å². The van der Waals surface area contributed by atoms with Crippen LogP contribution < -0.4 is 4.74 Å². The van der Waals surface area contributed by atoms with Gasteiger partial charge in [0, 0.05) is 18.3 Å². The predicted molar refractivity (Wildman–Crippen MR) is 88.3 cm³/mol. The molecule has 2 aromatic heterocycles. The maximum atomic E-state index is 11.5. The van der Waals surface area contributed by atoms with E-state index in [1.807, 2.05) is 20.0 Å². The molecule has 2 atom stereocenters. The molecule has 6 heteroatoms. The lowest BCUT2D eigenvalue weighted by Gasteiger charge is -2.13. The quantitative estimate of drug-likeness (QED) is 0.798. The summed E-state index contributed by atoms with van der Waals surface area (Å²) in [4.78, 5) is 20.4. The summed E-state index contributed by atoms with van der Waals surface area (Å²) in [6, 6.07) is 0. The Morgan fingerprint density at radius 2 is 2.00 bits per heavy atom. The highest BCUT2D eigenvalue weighted by Gasteiger charge is 2.20. The number of carbonyl (C=O) groups is 1. The van der Waals surface area contributed by atoms with E-state index in [4.69, 9.17) is 4.74 Å². The average Bonchev–Trinajstić information content (AvgIpc) is 2.93. The highest BCUT2D eigenvalue weighted by molar-refractivity contribution is 5.90. The van der Waals surface area contributed by atoms with Crippen LogP contribution in [0.25, 0.3) is 5.78 Å². The Kier molecular flexibility index (Phi) is 5.58. The molecule has 0 aliphatic carbocycles. The fraction of sp³-hybridized carbons (Fsp3) is 0.588. The van der Waals surface area contributed by atoms with E-state index in [2.05, 4.69) is 23.8 Å². The molecule has 2 rings (SSSR count). The van der Waals surface area contributed by atoms with Crippen molar-refractivity contribution in [1.29, 1.82) is 0 Å². The van der Waals surface area contributed by atoms with Gasteiger partial charge in [-0.15, -0.1) is 0 Å². The Balaban J connectivity index is 2.47. The zero-order valence-electron chi connectivity index (χ0n) is 14.2. The van der Waals surface area contributed by atoms with Crippen LogP contribution in [0.1, 0.15) is 75.3 Å². The van der Waals surface area contributed by atoms with Gasteiger partial charge in [0.15, 0.2) is 0 Å². The van der Waals surface area contributed by atoms with Gasteiger partial charge in [0.05, 0.1) is 11.8 Å². The van der Waals surface area contributed by atoms with E-state index in [1.54, 1.807) is 4.40 Å². The molecule has 0 aromatic carbocycles. The number of aromatic carboxylic acids is 1. The van der Waals surface area contributed by atoms with Gasteiger partial charge in [-0.2, -0.15) is 4.98 Å². The topological polar surface area (TPSA) is 76.7 Å². The highest BCUT2D eigenvalue weighted by Crippen LogP contribution is 2.26. The van der Waals surface area contributed by atoms with Crippen LogP contribution in [0.2, 0.25) is 0 Å². The first-order valence-corrected chi connectivity index (χ1v) is 8.29. The molecule has 23 heavy (non-hydrogen) atoms. The van der Waals surface area contributed by atoms with Crippen molar-refractivity contribution in [3.8, 4) is 5.88 Å². The Morgan fingerprint density at radius 3 is 2.57 bits per heavy atom. The third kappa shape index (κ3) is 3.81. The first-order valence-electron chi connectivity index (χ1n) is 8.29. The number of aromatic nitrogens is 3. The van der Waals surface area contributed by atoms with Gasteiger partial charge in [-0.05, 0) is 26.2 Å². The molecule has 0 spiro atoms. The van der Waals surface area contributed by atoms with E-state index in [0.717, 1.165) is 31.4 Å². The van der Waals surface area contributed by atoms with E-state index >= 15 is 0 Å². The molecule has 2 aromatic rings. The van der Waals surface area contributed by atoms with Crippen molar-refractivity contribution in [3.05, 3.63) is 23.7 Å². The molecule has 0 radical (unpaired) electrons. The fourth-order valence-corrected chi connectivity index (χ4v) is 2.54. The molecular formula is C17H25N3O3. The molecule has 0 aliphatic rings. The predicted octanol–water partition coefficient (Wildman–Crippen LogP) is 3.90. The third-order valence-corrected chi connectivity index (χ3v) is 4.10. The van der Waals surface area contributed by atoms with Crippen molar-refractivity contribution in [1.82, 2.24) is 14.4 Å². The van der Waals surface area contributed by atoms with Crippen molar-refractivity contribution in [2.75, 3.05) is 0 Å². The van der Waals surface area contributed by atoms with Crippen LogP contribution in [0, 0.1) is 0 Å². The largest absolute Gasteiger partial charge is 0.477 e. The van der Waals surface area contributed by atoms with Gasteiger partial charge in [0.2, 0.25) is 11.7 Å². The van der Waals surface area contributed by atoms with Crippen LogP contribution in [0.3, 0.4) is 0 Å². The Bertz CT molecular complexity index is 681. The van der Waals surface area contributed by atoms with Crippen LogP contribution in [-0.4, -0.2) is 31.5 Å². The molecule has 0 saturated heterocycles. The van der Waals surface area contributed by atoms with Gasteiger partial charge in [-0.1, -0.05) is 27.2 Å². The Morgan fingerprint density at radius 1 is 1.26 bits per heavy atom. The van der Waals surface area contributed by atoms with Gasteiger partial charge in [-0.3, -0.25) is 4.40 Å². The minimum absolute atomic E-state index is 0.0605. The lowest BCUT2D eigenvalue weighted by Crippen LogP contribution is -2.15. The highest BCUT2D eigenvalue weighted by atomic mass is 16.5. The minimum Gasteiger partial charge on any atom is -0.477 e. The van der Waals surface area contributed by atoms with Crippen molar-refractivity contribution in [3.63, 3.8) is 0 Å². The molecule has 6 nitrogen and oxygen atoms in total. The first kappa shape index (κ1) is 17.2. The SMILES string of the molecule is CCCC(CC)c1cn2cc(C(=O)O)c(O[C@H](C)CC)nc2n1. The van der Waals surface area contributed by atoms with E-state index < -0.39 is 5.97 Å². The second-order valence-electron chi connectivity index (χ2n) is 5.87. The smallest absolute Gasteiger partial charge is 0.342 e. The van der Waals surface area contributed by atoms with Gasteiger partial charge in [-0.25, -0.2) is 9.78 Å². The molecule has 0 saturated carbocycles. The maximum absolute atomic E-state index is 11.5. The summed E-state index contributed by atoms with van der Waals surface area (Å²) in [6.07, 6.45) is 7.24. The summed E-state index contributed by atoms with van der Waals surface area (Å²) in [5.41, 5.74) is 1.02. The summed E-state index contributed by atoms with van der Waals surface area (Å²) in [5, 5.41) is 9.40. The number of rotatable bonds is 8. The number of hydrogen-bond acceptors (Lipinski definition) is 4. The normalized spacial score (nSPS) is 13.9. The van der Waals surface area contributed by atoms with Gasteiger partial charge in [0.1, 0.15) is 5.56 Å². The molecule has 1 unspecified atom stereocenters. The zero-order valence-corrected chi connectivity index (χ0v) is 14.2. The van der Waals surface area contributed by atoms with Gasteiger partial charge in [0.25, 0.3) is 0 Å². The van der Waals surface area contributed by atoms with Crippen molar-refractivity contribution >= 4 is 11.7 Å². The standard InChI is InChI=1S/C17H25N3O3/c1-5-8-12(7-3)14-10-20-9-13(16(21)22)15(19-17(20)18-14)23-11(4)6-2/h9-12H,5-8H2,1-4H3,(H,21,22)/t11-,12?/m1/s1. The van der Waals surface area contributed by atoms with E-state index in [1.165, 1.54) is 6.20 Å². The van der Waals surface area contributed by atoms with Crippen LogP contribution in [0.15, 0.2) is 12.4 Å². The molecule has 0 amide bonds. The van der Waals surface area contributed by atoms with Crippen LogP contribution in [0.5, 0.6) is 5.88 Å². The Labute approximate surface area is 136 Å². The third-order valence-electron chi connectivity index (χ3n) is 4.10. The number of carboxylic acid groups (broad SMARTS) is 1. The number of fused-ring (bicyclic) bond motifs is 1. The molecule has 2 heterocycles. The lowest BCUT2D eigenvalue weighted by molar-refractivity contribution is 0.0687. The molecule has 0 bridgehead atoms. The summed E-state index contributed by atoms with van der Waals surface area (Å²) in [7, 11) is 0. The number of ether oxygens (including phenoxy) is 1. The molecule has 1 N–H and O–H groups in total. The lowest BCUT2D eigenvalue weighted by atomic mass is 9.98. The van der Waals surface area contributed by atoms with Crippen molar-refractivity contribution in [2.24, 2.45) is 0 Å². The Hall–Kier alpha value is -2.11. The van der Waals surface area contributed by atoms with Crippen LogP contribution in [0.4, 0.5) is 0 Å². The van der Waals surface area contributed by atoms with Crippen molar-refractivity contribution in [2.45, 2.75) is 65.4 Å². The maximum Gasteiger partial charge on any atom is 0.342 e. The average molecular weight is 319 g/mol. The molecule has 0 aliphatic heterocycles. The molecule has 126 valence electrons. The summed E-state index contributed by atoms with van der Waals surface area (Å²) < 4.78 is 7.34. The second-order valence-corrected chi connectivity index (χ2v) is 5.87. The second kappa shape index (κ2) is 7.44.